The number of aryl methyl sites for hydroxylation is 1. The standard InChI is InChI=1S/C20H11ClF5N3OS/c1-29-19(27-18(28-29)17-13(21)3-2-4-14(17)22)10-7-16(31-9-10)12-6-5-11(8-15(12)23)30-20(24,25)26/h2-9H,1H3. The lowest BCUT2D eigenvalue weighted by Crippen LogP contribution is -2.17. The fourth-order valence-corrected chi connectivity index (χ4v) is 4.10. The minimum absolute atomic E-state index is 0.0627. The molecule has 0 bridgehead atoms. The van der Waals surface area contributed by atoms with Gasteiger partial charge in [-0.2, -0.15) is 5.10 Å². The maximum absolute atomic E-state index is 14.4. The molecule has 0 N–H and O–H groups in total. The largest absolute Gasteiger partial charge is 0.573 e. The Bertz CT molecular complexity index is 1250. The maximum atomic E-state index is 14.4. The number of ether oxygens (including phenoxy) is 1. The van der Waals surface area contributed by atoms with Crippen molar-refractivity contribution >= 4 is 22.9 Å². The molecule has 0 radical (unpaired) electrons. The molecule has 0 saturated heterocycles. The van der Waals surface area contributed by atoms with E-state index in [4.69, 9.17) is 11.6 Å². The topological polar surface area (TPSA) is 39.9 Å². The summed E-state index contributed by atoms with van der Waals surface area (Å²) in [4.78, 5) is 4.81. The van der Waals surface area contributed by atoms with Crippen LogP contribution in [0.3, 0.4) is 0 Å². The first kappa shape index (κ1) is 21.3. The van der Waals surface area contributed by atoms with E-state index in [1.165, 1.54) is 40.3 Å². The van der Waals surface area contributed by atoms with Gasteiger partial charge in [0.05, 0.1) is 10.6 Å². The van der Waals surface area contributed by atoms with Gasteiger partial charge >= 0.3 is 6.36 Å². The summed E-state index contributed by atoms with van der Waals surface area (Å²) in [6.45, 7) is 0. The molecule has 4 nitrogen and oxygen atoms in total. The van der Waals surface area contributed by atoms with Crippen LogP contribution in [0.5, 0.6) is 5.75 Å². The third-order valence-electron chi connectivity index (χ3n) is 4.25. The van der Waals surface area contributed by atoms with Crippen molar-refractivity contribution in [3.63, 3.8) is 0 Å². The van der Waals surface area contributed by atoms with Gasteiger partial charge in [-0.15, -0.1) is 24.5 Å². The zero-order valence-corrected chi connectivity index (χ0v) is 17.1. The quantitative estimate of drug-likeness (QED) is 0.311. The summed E-state index contributed by atoms with van der Waals surface area (Å²) in [5.74, 6) is -1.61. The van der Waals surface area contributed by atoms with Crippen LogP contribution in [0.15, 0.2) is 47.8 Å². The zero-order chi connectivity index (χ0) is 22.3. The Labute approximate surface area is 181 Å². The van der Waals surface area contributed by atoms with Crippen LogP contribution in [-0.2, 0) is 7.05 Å². The van der Waals surface area contributed by atoms with Gasteiger partial charge in [-0.1, -0.05) is 17.7 Å². The molecule has 0 atom stereocenters. The highest BCUT2D eigenvalue weighted by molar-refractivity contribution is 7.14. The van der Waals surface area contributed by atoms with E-state index in [0.717, 1.165) is 6.07 Å². The molecule has 160 valence electrons. The van der Waals surface area contributed by atoms with Gasteiger partial charge in [-0.25, -0.2) is 18.4 Å². The summed E-state index contributed by atoms with van der Waals surface area (Å²) in [5.41, 5.74) is 0.738. The van der Waals surface area contributed by atoms with E-state index in [1.54, 1.807) is 18.5 Å². The summed E-state index contributed by atoms with van der Waals surface area (Å²) >= 11 is 7.24. The second-order valence-electron chi connectivity index (χ2n) is 6.37. The van der Waals surface area contributed by atoms with Crippen molar-refractivity contribution in [2.24, 2.45) is 7.05 Å². The Kier molecular flexibility index (Phi) is 5.44. The Morgan fingerprint density at radius 1 is 1.06 bits per heavy atom. The van der Waals surface area contributed by atoms with E-state index in [-0.39, 0.29) is 22.0 Å². The van der Waals surface area contributed by atoms with Gasteiger partial charge in [0, 0.05) is 34.5 Å². The van der Waals surface area contributed by atoms with Crippen LogP contribution in [0.1, 0.15) is 0 Å². The van der Waals surface area contributed by atoms with Crippen LogP contribution in [0, 0.1) is 11.6 Å². The molecule has 2 aromatic carbocycles. The lowest BCUT2D eigenvalue weighted by molar-refractivity contribution is -0.274. The second-order valence-corrected chi connectivity index (χ2v) is 7.69. The van der Waals surface area contributed by atoms with Crippen LogP contribution in [-0.4, -0.2) is 21.1 Å². The van der Waals surface area contributed by atoms with E-state index >= 15 is 0 Å². The van der Waals surface area contributed by atoms with Crippen molar-refractivity contribution in [2.45, 2.75) is 6.36 Å². The minimum Gasteiger partial charge on any atom is -0.406 e. The molecule has 2 aromatic heterocycles. The summed E-state index contributed by atoms with van der Waals surface area (Å²) in [7, 11) is 1.61. The highest BCUT2D eigenvalue weighted by atomic mass is 35.5. The summed E-state index contributed by atoms with van der Waals surface area (Å²) in [6, 6.07) is 8.75. The molecule has 11 heteroatoms. The minimum atomic E-state index is -4.91. The van der Waals surface area contributed by atoms with E-state index < -0.39 is 23.7 Å². The molecule has 0 fully saturated rings. The molecule has 0 unspecified atom stereocenters. The van der Waals surface area contributed by atoms with Crippen molar-refractivity contribution in [1.29, 1.82) is 0 Å². The fourth-order valence-electron chi connectivity index (χ4n) is 2.94. The number of hydrogen-bond donors (Lipinski definition) is 0. The van der Waals surface area contributed by atoms with Gasteiger partial charge in [0.15, 0.2) is 11.6 Å². The van der Waals surface area contributed by atoms with Crippen molar-refractivity contribution in [3.05, 3.63) is 64.5 Å². The second kappa shape index (κ2) is 7.93. The van der Waals surface area contributed by atoms with Crippen molar-refractivity contribution in [1.82, 2.24) is 14.8 Å². The van der Waals surface area contributed by atoms with Gasteiger partial charge in [-0.05, 0) is 30.3 Å². The first-order chi connectivity index (χ1) is 14.6. The Hall–Kier alpha value is -2.98. The molecule has 0 amide bonds. The van der Waals surface area contributed by atoms with E-state index in [1.807, 2.05) is 0 Å². The van der Waals surface area contributed by atoms with Gasteiger partial charge in [0.25, 0.3) is 0 Å². The number of nitrogens with zero attached hydrogens (tertiary/aromatic N) is 3. The summed E-state index contributed by atoms with van der Waals surface area (Å²) in [5, 5.41) is 6.06. The Morgan fingerprint density at radius 2 is 1.84 bits per heavy atom. The predicted octanol–water partition coefficient (Wildman–Crippen LogP) is 6.71. The number of halogens is 6. The van der Waals surface area contributed by atoms with Gasteiger partial charge in [0.2, 0.25) is 0 Å². The van der Waals surface area contributed by atoms with Crippen LogP contribution >= 0.6 is 22.9 Å². The first-order valence-electron chi connectivity index (χ1n) is 8.62. The Balaban J connectivity index is 1.67. The molecule has 0 saturated carbocycles. The molecular formula is C20H11ClF5N3OS. The highest BCUT2D eigenvalue weighted by Crippen LogP contribution is 2.36. The molecule has 0 spiro atoms. The third kappa shape index (κ3) is 4.40. The predicted molar refractivity (Wildman–Crippen MR) is 107 cm³/mol. The molecule has 0 aliphatic heterocycles. The first-order valence-corrected chi connectivity index (χ1v) is 9.88. The number of benzene rings is 2. The van der Waals surface area contributed by atoms with Gasteiger partial charge < -0.3 is 4.74 Å². The molecule has 2 heterocycles. The van der Waals surface area contributed by atoms with Gasteiger partial charge in [0.1, 0.15) is 17.4 Å². The molecule has 4 aromatic rings. The van der Waals surface area contributed by atoms with Crippen molar-refractivity contribution in [2.75, 3.05) is 0 Å². The number of thiophene rings is 1. The molecule has 31 heavy (non-hydrogen) atoms. The lowest BCUT2D eigenvalue weighted by atomic mass is 10.1. The van der Waals surface area contributed by atoms with Crippen LogP contribution in [0.25, 0.3) is 33.2 Å². The van der Waals surface area contributed by atoms with Crippen molar-refractivity contribution < 1.29 is 26.7 Å². The van der Waals surface area contributed by atoms with Crippen LogP contribution < -0.4 is 4.74 Å². The summed E-state index contributed by atoms with van der Waals surface area (Å²) in [6.07, 6.45) is -4.91. The molecule has 0 aliphatic carbocycles. The monoisotopic (exact) mass is 471 g/mol. The lowest BCUT2D eigenvalue weighted by Gasteiger charge is -2.09. The zero-order valence-electron chi connectivity index (χ0n) is 15.5. The van der Waals surface area contributed by atoms with E-state index in [9.17, 15) is 22.0 Å². The van der Waals surface area contributed by atoms with Crippen LogP contribution in [0.4, 0.5) is 22.0 Å². The number of alkyl halides is 3. The molecule has 4 rings (SSSR count). The highest BCUT2D eigenvalue weighted by Gasteiger charge is 2.31. The Morgan fingerprint density at radius 3 is 2.52 bits per heavy atom. The number of hydrogen-bond acceptors (Lipinski definition) is 4. The van der Waals surface area contributed by atoms with E-state index in [0.29, 0.717) is 22.3 Å². The van der Waals surface area contributed by atoms with E-state index in [2.05, 4.69) is 14.8 Å². The number of aromatic nitrogens is 3. The normalized spacial score (nSPS) is 11.7. The van der Waals surface area contributed by atoms with Crippen LogP contribution in [0.2, 0.25) is 5.02 Å². The average molecular weight is 472 g/mol. The maximum Gasteiger partial charge on any atom is 0.573 e. The van der Waals surface area contributed by atoms with Crippen molar-refractivity contribution in [3.8, 4) is 39.0 Å². The molecular weight excluding hydrogens is 461 g/mol. The third-order valence-corrected chi connectivity index (χ3v) is 5.53. The SMILES string of the molecule is Cn1nc(-c2c(F)cccc2Cl)nc1-c1csc(-c2ccc(OC(F)(F)F)cc2F)c1. The number of rotatable bonds is 4. The average Bonchev–Trinajstić information content (AvgIpc) is 3.27. The molecule has 0 aliphatic rings. The fraction of sp³-hybridized carbons (Fsp3) is 0.100. The van der Waals surface area contributed by atoms with Gasteiger partial charge in [-0.3, -0.25) is 0 Å². The summed E-state index contributed by atoms with van der Waals surface area (Å²) < 4.78 is 70.7. The smallest absolute Gasteiger partial charge is 0.406 e.